The van der Waals surface area contributed by atoms with Gasteiger partial charge in [-0.3, -0.25) is 0 Å². The van der Waals surface area contributed by atoms with Crippen molar-refractivity contribution in [1.82, 2.24) is 9.88 Å². The van der Waals surface area contributed by atoms with Gasteiger partial charge in [-0.2, -0.15) is 0 Å². The molecule has 0 aliphatic heterocycles. The lowest BCUT2D eigenvalue weighted by molar-refractivity contribution is -0.274. The van der Waals surface area contributed by atoms with E-state index in [-0.39, 0.29) is 18.0 Å². The first-order valence-corrected chi connectivity index (χ1v) is 9.73. The normalized spacial score (nSPS) is 14.6. The third-order valence-electron chi connectivity index (χ3n) is 5.42. The molecule has 0 atom stereocenters. The first kappa shape index (κ1) is 20.3. The minimum atomic E-state index is -4.79. The van der Waals surface area contributed by atoms with E-state index < -0.39 is 12.3 Å². The fourth-order valence-corrected chi connectivity index (χ4v) is 3.85. The molecule has 2 N–H and O–H groups in total. The monoisotopic (exact) mass is 418 g/mol. The molecule has 1 saturated carbocycles. The van der Waals surface area contributed by atoms with E-state index in [9.17, 15) is 23.1 Å². The van der Waals surface area contributed by atoms with Gasteiger partial charge in [0.1, 0.15) is 11.4 Å². The number of nitrogens with zero attached hydrogens (tertiary/aromatic N) is 1. The average Bonchev–Trinajstić information content (AvgIpc) is 2.93. The second kappa shape index (κ2) is 8.02. The van der Waals surface area contributed by atoms with Crippen LogP contribution in [-0.2, 0) is 13.1 Å². The average molecular weight is 418 g/mol. The van der Waals surface area contributed by atoms with Crippen molar-refractivity contribution < 1.29 is 27.8 Å². The number of halogens is 3. The quantitative estimate of drug-likeness (QED) is 0.571. The Balaban J connectivity index is 1.72. The number of carboxylic acids is 1. The van der Waals surface area contributed by atoms with E-state index in [4.69, 9.17) is 0 Å². The summed E-state index contributed by atoms with van der Waals surface area (Å²) in [6.45, 7) is 0.539. The Bertz CT molecular complexity index is 1070. The summed E-state index contributed by atoms with van der Waals surface area (Å²) in [4.78, 5) is 12.2. The van der Waals surface area contributed by atoms with Gasteiger partial charge in [-0.15, -0.1) is 13.2 Å². The summed E-state index contributed by atoms with van der Waals surface area (Å²) in [6.07, 6.45) is -1.47. The summed E-state index contributed by atoms with van der Waals surface area (Å²) in [5, 5.41) is 14.2. The van der Waals surface area contributed by atoms with Gasteiger partial charge < -0.3 is 19.7 Å². The van der Waals surface area contributed by atoms with Crippen molar-refractivity contribution in [1.29, 1.82) is 0 Å². The molecule has 3 aromatic rings. The predicted molar refractivity (Wildman–Crippen MR) is 106 cm³/mol. The van der Waals surface area contributed by atoms with Crippen LogP contribution < -0.4 is 10.1 Å². The van der Waals surface area contributed by atoms with Crippen LogP contribution in [-0.4, -0.2) is 28.0 Å². The van der Waals surface area contributed by atoms with Crippen molar-refractivity contribution in [3.05, 3.63) is 65.4 Å². The number of carboxylic acid groups (broad SMARTS) is 1. The van der Waals surface area contributed by atoms with Gasteiger partial charge >= 0.3 is 12.3 Å². The number of hydrogen-bond acceptors (Lipinski definition) is 3. The van der Waals surface area contributed by atoms with Gasteiger partial charge in [0, 0.05) is 35.6 Å². The third-order valence-corrected chi connectivity index (χ3v) is 5.42. The number of aromatic nitrogens is 1. The highest BCUT2D eigenvalue weighted by Gasteiger charge is 2.31. The minimum absolute atomic E-state index is 0.112. The number of alkyl halides is 3. The highest BCUT2D eigenvalue weighted by atomic mass is 19.4. The number of nitrogens with one attached hydrogen (secondary N) is 1. The minimum Gasteiger partial charge on any atom is -0.477 e. The summed E-state index contributed by atoms with van der Waals surface area (Å²) >= 11 is 0. The Kier molecular flexibility index (Phi) is 5.42. The Morgan fingerprint density at radius 2 is 1.93 bits per heavy atom. The van der Waals surface area contributed by atoms with Gasteiger partial charge in [0.25, 0.3) is 0 Å². The fourth-order valence-electron chi connectivity index (χ4n) is 3.85. The molecule has 158 valence electrons. The molecule has 0 bridgehead atoms. The maximum atomic E-state index is 12.6. The SMILES string of the molecule is O=C(O)c1c(CNC2CCC2)c2ccccc2n1Cc1cccc(OC(F)(F)F)c1. The zero-order chi connectivity index (χ0) is 21.3. The maximum Gasteiger partial charge on any atom is 0.573 e. The van der Waals surface area contributed by atoms with Crippen LogP contribution in [0.4, 0.5) is 13.2 Å². The van der Waals surface area contributed by atoms with Crippen molar-refractivity contribution in [3.8, 4) is 5.75 Å². The molecule has 1 aromatic heterocycles. The topological polar surface area (TPSA) is 63.5 Å². The first-order valence-electron chi connectivity index (χ1n) is 9.73. The van der Waals surface area contributed by atoms with Crippen molar-refractivity contribution >= 4 is 16.9 Å². The van der Waals surface area contributed by atoms with Crippen LogP contribution in [0.1, 0.15) is 40.9 Å². The molecule has 30 heavy (non-hydrogen) atoms. The number of benzene rings is 2. The van der Waals surface area contributed by atoms with E-state index >= 15 is 0 Å². The largest absolute Gasteiger partial charge is 0.573 e. The number of fused-ring (bicyclic) bond motifs is 1. The molecular weight excluding hydrogens is 397 g/mol. The lowest BCUT2D eigenvalue weighted by Crippen LogP contribution is -2.34. The van der Waals surface area contributed by atoms with Crippen LogP contribution >= 0.6 is 0 Å². The van der Waals surface area contributed by atoms with Crippen molar-refractivity contribution in [2.75, 3.05) is 0 Å². The second-order valence-corrected chi connectivity index (χ2v) is 7.44. The zero-order valence-corrected chi connectivity index (χ0v) is 16.1. The number of rotatable bonds is 7. The molecule has 1 aliphatic carbocycles. The van der Waals surface area contributed by atoms with Crippen LogP contribution in [0.2, 0.25) is 0 Å². The predicted octanol–water partition coefficient (Wildman–Crippen LogP) is 4.93. The summed E-state index contributed by atoms with van der Waals surface area (Å²) in [5.41, 5.74) is 2.07. The smallest absolute Gasteiger partial charge is 0.477 e. The van der Waals surface area contributed by atoms with Gasteiger partial charge in [-0.1, -0.05) is 36.8 Å². The lowest BCUT2D eigenvalue weighted by Gasteiger charge is -2.26. The van der Waals surface area contributed by atoms with Gasteiger partial charge in [0.15, 0.2) is 0 Å². The number of carbonyl (C=O) groups is 1. The number of aromatic carboxylic acids is 1. The molecule has 0 amide bonds. The van der Waals surface area contributed by atoms with Crippen LogP contribution in [0.3, 0.4) is 0 Å². The molecule has 4 rings (SSSR count). The van der Waals surface area contributed by atoms with E-state index in [2.05, 4.69) is 10.1 Å². The summed E-state index contributed by atoms with van der Waals surface area (Å²) in [6, 6.07) is 13.4. The van der Waals surface area contributed by atoms with Crippen molar-refractivity contribution in [2.45, 2.75) is 44.8 Å². The first-order chi connectivity index (χ1) is 14.3. The van der Waals surface area contributed by atoms with E-state index in [1.807, 2.05) is 24.3 Å². The number of hydrogen-bond donors (Lipinski definition) is 2. The van der Waals surface area contributed by atoms with Gasteiger partial charge in [0.2, 0.25) is 0 Å². The summed E-state index contributed by atoms with van der Waals surface area (Å²) < 4.78 is 43.3. The number of ether oxygens (including phenoxy) is 1. The summed E-state index contributed by atoms with van der Waals surface area (Å²) in [5.74, 6) is -1.40. The molecule has 0 spiro atoms. The molecule has 8 heteroatoms. The zero-order valence-electron chi connectivity index (χ0n) is 16.1. The molecular formula is C22H21F3N2O3. The van der Waals surface area contributed by atoms with E-state index in [0.717, 1.165) is 23.7 Å². The fraction of sp³-hybridized carbons (Fsp3) is 0.318. The molecule has 5 nitrogen and oxygen atoms in total. The standard InChI is InChI=1S/C22H21F3N2O3/c23-22(24,25)30-16-8-3-5-14(11-16)13-27-19-10-2-1-9-17(19)18(20(27)21(28)29)12-26-15-6-4-7-15/h1-3,5,8-11,15,26H,4,6-7,12-13H2,(H,28,29). The highest BCUT2D eigenvalue weighted by molar-refractivity contribution is 5.98. The molecule has 0 unspecified atom stereocenters. The molecule has 0 radical (unpaired) electrons. The maximum absolute atomic E-state index is 12.6. The number of para-hydroxylation sites is 1. The third kappa shape index (κ3) is 4.28. The van der Waals surface area contributed by atoms with Crippen LogP contribution in [0.5, 0.6) is 5.75 Å². The van der Waals surface area contributed by atoms with Crippen LogP contribution in [0, 0.1) is 0 Å². The second-order valence-electron chi connectivity index (χ2n) is 7.44. The van der Waals surface area contributed by atoms with Crippen molar-refractivity contribution in [2.24, 2.45) is 0 Å². The summed E-state index contributed by atoms with van der Waals surface area (Å²) in [7, 11) is 0. The van der Waals surface area contributed by atoms with Gasteiger partial charge in [0.05, 0.1) is 0 Å². The van der Waals surface area contributed by atoms with E-state index in [1.165, 1.54) is 24.6 Å². The van der Waals surface area contributed by atoms with Crippen molar-refractivity contribution in [3.63, 3.8) is 0 Å². The van der Waals surface area contributed by atoms with Crippen LogP contribution in [0.25, 0.3) is 10.9 Å². The Morgan fingerprint density at radius 3 is 2.60 bits per heavy atom. The van der Waals surface area contributed by atoms with Crippen LogP contribution in [0.15, 0.2) is 48.5 Å². The van der Waals surface area contributed by atoms with E-state index in [1.54, 1.807) is 10.6 Å². The molecule has 1 aliphatic rings. The molecule has 2 aromatic carbocycles. The Labute approximate surface area is 171 Å². The van der Waals surface area contributed by atoms with Gasteiger partial charge in [-0.05, 0) is 36.6 Å². The molecule has 1 fully saturated rings. The Hall–Kier alpha value is -3.00. The Morgan fingerprint density at radius 1 is 1.17 bits per heavy atom. The molecule has 0 saturated heterocycles. The highest BCUT2D eigenvalue weighted by Crippen LogP contribution is 2.30. The van der Waals surface area contributed by atoms with E-state index in [0.29, 0.717) is 23.7 Å². The lowest BCUT2D eigenvalue weighted by atomic mass is 9.93. The van der Waals surface area contributed by atoms with Gasteiger partial charge in [-0.25, -0.2) is 4.79 Å². The molecule has 1 heterocycles.